The van der Waals surface area contributed by atoms with Crippen LogP contribution in [-0.2, 0) is 4.79 Å². The molecule has 1 aliphatic heterocycles. The Hall–Kier alpha value is -0.610. The normalized spacial score (nSPS) is 41.3. The maximum atomic E-state index is 12.5. The molecule has 2 bridgehead atoms. The maximum Gasteiger partial charge on any atom is 0.227 e. The number of hydrogen-bond acceptors (Lipinski definition) is 3. The second kappa shape index (κ2) is 3.94. The largest absolute Gasteiger partial charge is 0.386 e. The number of nitrogens with zero attached hydrogens (tertiary/aromatic N) is 1. The average molecular weight is 252 g/mol. The number of carbonyl (C=O) groups is 1. The van der Waals surface area contributed by atoms with Crippen LogP contribution in [0.15, 0.2) is 0 Å². The molecule has 3 aliphatic rings. The van der Waals surface area contributed by atoms with E-state index in [0.717, 1.165) is 12.8 Å². The number of β-amino-alcohol motifs (C(OH)–C–C–N with tert-alkyl or cyclic N) is 1. The minimum atomic E-state index is -0.669. The molecule has 4 nitrogen and oxygen atoms in total. The van der Waals surface area contributed by atoms with Crippen LogP contribution in [0.1, 0.15) is 33.1 Å². The second-order valence-corrected chi connectivity index (χ2v) is 6.89. The summed E-state index contributed by atoms with van der Waals surface area (Å²) >= 11 is 0. The first kappa shape index (κ1) is 12.4. The average Bonchev–Trinajstić information content (AvgIpc) is 2.83. The number of nitrogens with two attached hydrogens (primary N) is 1. The fourth-order valence-corrected chi connectivity index (χ4v) is 4.05. The van der Waals surface area contributed by atoms with Gasteiger partial charge in [-0.05, 0) is 37.0 Å². The quantitative estimate of drug-likeness (QED) is 0.756. The molecule has 3 rings (SSSR count). The van der Waals surface area contributed by atoms with Crippen molar-refractivity contribution in [3.05, 3.63) is 0 Å². The van der Waals surface area contributed by atoms with Crippen LogP contribution in [0.3, 0.4) is 0 Å². The molecule has 2 aliphatic carbocycles. The minimum Gasteiger partial charge on any atom is -0.386 e. The first-order valence-corrected chi connectivity index (χ1v) is 7.19. The van der Waals surface area contributed by atoms with E-state index in [1.54, 1.807) is 0 Å². The van der Waals surface area contributed by atoms with Gasteiger partial charge in [-0.3, -0.25) is 4.79 Å². The fourth-order valence-electron chi connectivity index (χ4n) is 4.05. The number of carbonyl (C=O) groups excluding carboxylic acids is 1. The van der Waals surface area contributed by atoms with Gasteiger partial charge in [-0.25, -0.2) is 0 Å². The highest BCUT2D eigenvalue weighted by atomic mass is 16.3. The number of rotatable bonds is 2. The first-order chi connectivity index (χ1) is 8.42. The molecule has 4 heteroatoms. The Morgan fingerprint density at radius 1 is 1.33 bits per heavy atom. The third-order valence-electron chi connectivity index (χ3n) is 5.58. The highest BCUT2D eigenvalue weighted by Gasteiger charge is 2.54. The van der Waals surface area contributed by atoms with Crippen LogP contribution in [0.25, 0.3) is 0 Å². The van der Waals surface area contributed by atoms with Crippen molar-refractivity contribution in [2.24, 2.45) is 29.4 Å². The van der Waals surface area contributed by atoms with Crippen molar-refractivity contribution in [2.75, 3.05) is 13.1 Å². The lowest BCUT2D eigenvalue weighted by Crippen LogP contribution is -2.67. The Bertz CT molecular complexity index is 361. The van der Waals surface area contributed by atoms with Gasteiger partial charge in [-0.2, -0.15) is 0 Å². The lowest BCUT2D eigenvalue weighted by molar-refractivity contribution is -0.169. The zero-order chi connectivity index (χ0) is 13.1. The van der Waals surface area contributed by atoms with Gasteiger partial charge in [0.05, 0.1) is 19.0 Å². The van der Waals surface area contributed by atoms with Crippen molar-refractivity contribution in [1.29, 1.82) is 0 Å². The van der Waals surface area contributed by atoms with Crippen molar-refractivity contribution in [3.8, 4) is 0 Å². The van der Waals surface area contributed by atoms with Crippen LogP contribution in [0.4, 0.5) is 0 Å². The number of likely N-dealkylation sites (tertiary alicyclic amines) is 1. The van der Waals surface area contributed by atoms with Crippen LogP contribution in [0, 0.1) is 23.7 Å². The van der Waals surface area contributed by atoms with Crippen molar-refractivity contribution in [2.45, 2.75) is 44.8 Å². The Kier molecular flexibility index (Phi) is 2.72. The number of hydrogen-bond donors (Lipinski definition) is 2. The molecule has 102 valence electrons. The van der Waals surface area contributed by atoms with Crippen molar-refractivity contribution in [3.63, 3.8) is 0 Å². The molecule has 1 amide bonds. The van der Waals surface area contributed by atoms with Crippen LogP contribution in [0.5, 0.6) is 0 Å². The summed E-state index contributed by atoms with van der Waals surface area (Å²) in [6.45, 7) is 4.99. The van der Waals surface area contributed by atoms with Crippen LogP contribution in [0.2, 0.25) is 0 Å². The Labute approximate surface area is 109 Å². The van der Waals surface area contributed by atoms with Gasteiger partial charge in [0, 0.05) is 6.04 Å². The summed E-state index contributed by atoms with van der Waals surface area (Å²) in [5.41, 5.74) is 5.53. The Morgan fingerprint density at radius 3 is 2.44 bits per heavy atom. The highest BCUT2D eigenvalue weighted by Crippen LogP contribution is 2.48. The van der Waals surface area contributed by atoms with Crippen molar-refractivity contribution >= 4 is 5.91 Å². The number of fused-ring (bicyclic) bond motifs is 2. The molecule has 18 heavy (non-hydrogen) atoms. The van der Waals surface area contributed by atoms with E-state index >= 15 is 0 Å². The summed E-state index contributed by atoms with van der Waals surface area (Å²) in [7, 11) is 0. The SMILES string of the molecule is CC(C)C1(O)CN(C(=O)C2C3CCC(C3)C2N)C1. The minimum absolute atomic E-state index is 0.0282. The van der Waals surface area contributed by atoms with E-state index in [0.29, 0.717) is 24.9 Å². The predicted octanol–water partition coefficient (Wildman–Crippen LogP) is 0.589. The van der Waals surface area contributed by atoms with Gasteiger partial charge in [-0.1, -0.05) is 13.8 Å². The lowest BCUT2D eigenvalue weighted by atomic mass is 9.79. The van der Waals surface area contributed by atoms with Gasteiger partial charge in [0.15, 0.2) is 0 Å². The molecule has 1 saturated heterocycles. The van der Waals surface area contributed by atoms with Gasteiger partial charge >= 0.3 is 0 Å². The summed E-state index contributed by atoms with van der Waals surface area (Å²) in [5, 5.41) is 10.2. The van der Waals surface area contributed by atoms with Gasteiger partial charge in [0.25, 0.3) is 0 Å². The molecular formula is C14H24N2O2. The summed E-state index contributed by atoms with van der Waals surface area (Å²) in [5.74, 6) is 1.50. The van der Waals surface area contributed by atoms with Gasteiger partial charge < -0.3 is 15.7 Å². The van der Waals surface area contributed by atoms with Gasteiger partial charge in [-0.15, -0.1) is 0 Å². The van der Waals surface area contributed by atoms with Crippen LogP contribution in [-0.4, -0.2) is 40.6 Å². The molecule has 4 unspecified atom stereocenters. The molecule has 2 saturated carbocycles. The summed E-state index contributed by atoms with van der Waals surface area (Å²) in [4.78, 5) is 14.3. The van der Waals surface area contributed by atoms with Crippen LogP contribution < -0.4 is 5.73 Å². The van der Waals surface area contributed by atoms with Crippen molar-refractivity contribution in [1.82, 2.24) is 4.90 Å². The number of amides is 1. The maximum absolute atomic E-state index is 12.5. The van der Waals surface area contributed by atoms with Crippen LogP contribution >= 0.6 is 0 Å². The lowest BCUT2D eigenvalue weighted by Gasteiger charge is -2.50. The molecule has 0 spiro atoms. The van der Waals surface area contributed by atoms with Crippen molar-refractivity contribution < 1.29 is 9.90 Å². The van der Waals surface area contributed by atoms with E-state index in [4.69, 9.17) is 5.73 Å². The fraction of sp³-hybridized carbons (Fsp3) is 0.929. The molecule has 4 atom stereocenters. The molecule has 3 fully saturated rings. The second-order valence-electron chi connectivity index (χ2n) is 6.89. The molecule has 0 aromatic heterocycles. The molecule has 0 aromatic carbocycles. The third-order valence-corrected chi connectivity index (χ3v) is 5.58. The Balaban J connectivity index is 1.64. The predicted molar refractivity (Wildman–Crippen MR) is 68.7 cm³/mol. The summed E-state index contributed by atoms with van der Waals surface area (Å²) in [6.07, 6.45) is 3.50. The highest BCUT2D eigenvalue weighted by molar-refractivity contribution is 5.81. The van der Waals surface area contributed by atoms with E-state index in [2.05, 4.69) is 0 Å². The molecule has 1 heterocycles. The van der Waals surface area contributed by atoms with E-state index in [-0.39, 0.29) is 23.8 Å². The summed E-state index contributed by atoms with van der Waals surface area (Å²) < 4.78 is 0. The topological polar surface area (TPSA) is 66.6 Å². The van der Waals surface area contributed by atoms with Gasteiger partial charge in [0.1, 0.15) is 5.60 Å². The zero-order valence-corrected chi connectivity index (χ0v) is 11.3. The van der Waals surface area contributed by atoms with E-state index in [9.17, 15) is 9.90 Å². The van der Waals surface area contributed by atoms with Gasteiger partial charge in [0.2, 0.25) is 5.91 Å². The monoisotopic (exact) mass is 252 g/mol. The first-order valence-electron chi connectivity index (χ1n) is 7.19. The zero-order valence-electron chi connectivity index (χ0n) is 11.3. The number of aliphatic hydroxyl groups is 1. The third kappa shape index (κ3) is 1.62. The molecule has 3 N–H and O–H groups in total. The van der Waals surface area contributed by atoms with E-state index in [1.165, 1.54) is 6.42 Å². The Morgan fingerprint density at radius 2 is 1.94 bits per heavy atom. The smallest absolute Gasteiger partial charge is 0.227 e. The molecule has 0 aromatic rings. The molecule has 0 radical (unpaired) electrons. The molecular weight excluding hydrogens is 228 g/mol. The standard InChI is InChI=1S/C14H24N2O2/c1-8(2)14(18)6-16(7-14)13(17)11-9-3-4-10(5-9)12(11)15/h8-12,18H,3-7,15H2,1-2H3. The summed E-state index contributed by atoms with van der Waals surface area (Å²) in [6, 6.07) is 0.0593. The van der Waals surface area contributed by atoms with E-state index < -0.39 is 5.60 Å². The van der Waals surface area contributed by atoms with E-state index in [1.807, 2.05) is 18.7 Å².